The van der Waals surface area contributed by atoms with Crippen LogP contribution in [0, 0.1) is 0 Å². The molecule has 1 aliphatic rings. The smallest absolute Gasteiger partial charge is 0.0566 e. The maximum Gasteiger partial charge on any atom is 0.0566 e. The maximum absolute atomic E-state index is 2.55. The third kappa shape index (κ3) is 7.55. The van der Waals surface area contributed by atoms with Gasteiger partial charge in [0.15, 0.2) is 0 Å². The Bertz CT molecular complexity index is 2870. The van der Waals surface area contributed by atoms with Gasteiger partial charge >= 0.3 is 0 Å². The van der Waals surface area contributed by atoms with Gasteiger partial charge in [0.05, 0.1) is 6.04 Å². The number of para-hydroxylation sites is 2. The van der Waals surface area contributed by atoms with Crippen LogP contribution in [0.25, 0.3) is 45.2 Å². The van der Waals surface area contributed by atoms with Crippen molar-refractivity contribution in [2.75, 3.05) is 9.80 Å². The highest BCUT2D eigenvalue weighted by Gasteiger charge is 2.25. The van der Waals surface area contributed by atoms with Crippen molar-refractivity contribution in [3.63, 3.8) is 0 Å². The Morgan fingerprint density at radius 2 is 0.817 bits per heavy atom. The molecule has 0 N–H and O–H groups in total. The average molecular weight is 779 g/mol. The van der Waals surface area contributed by atoms with E-state index in [1.54, 1.807) is 0 Å². The molecule has 0 aromatic heterocycles. The minimum Gasteiger partial charge on any atom is -0.334 e. The molecule has 0 saturated carbocycles. The number of hydrogen-bond acceptors (Lipinski definition) is 2. The Kier molecular flexibility index (Phi) is 10.3. The van der Waals surface area contributed by atoms with Gasteiger partial charge in [-0.3, -0.25) is 0 Å². The Morgan fingerprint density at radius 1 is 0.400 bits per heavy atom. The second-order valence-corrected chi connectivity index (χ2v) is 18.2. The van der Waals surface area contributed by atoms with Crippen LogP contribution in [0.5, 0.6) is 0 Å². The van der Waals surface area contributed by atoms with E-state index in [4.69, 9.17) is 0 Å². The van der Waals surface area contributed by atoms with Gasteiger partial charge in [-0.05, 0) is 133 Å². The zero-order valence-electron chi connectivity index (χ0n) is 35.7. The molecule has 2 heteroatoms. The number of fused-ring (bicyclic) bond motifs is 2. The van der Waals surface area contributed by atoms with E-state index in [0.29, 0.717) is 0 Å². The van der Waals surface area contributed by atoms with E-state index < -0.39 is 0 Å². The van der Waals surface area contributed by atoms with Gasteiger partial charge in [0.2, 0.25) is 0 Å². The molecule has 0 bridgehead atoms. The van der Waals surface area contributed by atoms with Gasteiger partial charge < -0.3 is 9.80 Å². The lowest BCUT2D eigenvalue weighted by Crippen LogP contribution is -2.40. The molecule has 2 nitrogen and oxygen atoms in total. The second kappa shape index (κ2) is 15.8. The summed E-state index contributed by atoms with van der Waals surface area (Å²) in [6.07, 6.45) is 5.92. The second-order valence-electron chi connectivity index (χ2n) is 18.2. The summed E-state index contributed by atoms with van der Waals surface area (Å²) in [6, 6.07) is 69.2. The molecule has 1 aliphatic carbocycles. The van der Waals surface area contributed by atoms with Crippen molar-refractivity contribution in [1.82, 2.24) is 0 Å². The molecule has 8 aromatic carbocycles. The molecular weight excluding hydrogens is 725 g/mol. The van der Waals surface area contributed by atoms with E-state index in [0.717, 1.165) is 23.5 Å². The van der Waals surface area contributed by atoms with E-state index in [9.17, 15) is 0 Å². The molecule has 1 atom stereocenters. The minimum atomic E-state index is 0.0676. The fraction of sp³-hybridized carbons (Fsp3) is 0.172. The van der Waals surface area contributed by atoms with Crippen molar-refractivity contribution in [2.45, 2.75) is 64.8 Å². The Balaban J connectivity index is 1.31. The molecule has 0 saturated heterocycles. The van der Waals surface area contributed by atoms with Gasteiger partial charge in [0.25, 0.3) is 0 Å². The van der Waals surface area contributed by atoms with Crippen molar-refractivity contribution in [2.24, 2.45) is 0 Å². The van der Waals surface area contributed by atoms with E-state index in [1.807, 2.05) is 0 Å². The van der Waals surface area contributed by atoms with E-state index in [-0.39, 0.29) is 16.9 Å². The molecule has 0 aliphatic heterocycles. The van der Waals surface area contributed by atoms with Crippen molar-refractivity contribution < 1.29 is 0 Å². The normalized spacial score (nSPS) is 13.9. The van der Waals surface area contributed by atoms with Crippen molar-refractivity contribution in [3.05, 3.63) is 210 Å². The van der Waals surface area contributed by atoms with Gasteiger partial charge in [-0.2, -0.15) is 0 Å². The average Bonchev–Trinajstić information content (AvgIpc) is 3.27. The monoisotopic (exact) mass is 778 g/mol. The largest absolute Gasteiger partial charge is 0.334 e. The molecule has 8 aromatic rings. The topological polar surface area (TPSA) is 6.48 Å². The Labute approximate surface area is 356 Å². The quantitative estimate of drug-likeness (QED) is 0.152. The lowest BCUT2D eigenvalue weighted by atomic mass is 9.84. The van der Waals surface area contributed by atoms with Crippen molar-refractivity contribution in [1.29, 1.82) is 0 Å². The highest BCUT2D eigenvalue weighted by molar-refractivity contribution is 6.08. The summed E-state index contributed by atoms with van der Waals surface area (Å²) in [7, 11) is 0. The van der Waals surface area contributed by atoms with E-state index in [1.165, 1.54) is 66.0 Å². The fourth-order valence-electron chi connectivity index (χ4n) is 8.93. The van der Waals surface area contributed by atoms with Crippen LogP contribution >= 0.6 is 0 Å². The van der Waals surface area contributed by atoms with Crippen LogP contribution in [-0.4, -0.2) is 6.04 Å². The van der Waals surface area contributed by atoms with Gasteiger partial charge in [-0.15, -0.1) is 0 Å². The summed E-state index contributed by atoms with van der Waals surface area (Å²) in [5.41, 5.74) is 13.5. The summed E-state index contributed by atoms with van der Waals surface area (Å²) in [4.78, 5) is 4.93. The van der Waals surface area contributed by atoms with Gasteiger partial charge in [-0.25, -0.2) is 0 Å². The molecule has 1 unspecified atom stereocenters. The van der Waals surface area contributed by atoms with E-state index in [2.05, 4.69) is 252 Å². The number of hydrogen-bond donors (Lipinski definition) is 0. The first-order valence-electron chi connectivity index (χ1n) is 21.4. The molecule has 0 amide bonds. The zero-order chi connectivity index (χ0) is 41.4. The van der Waals surface area contributed by atoms with Gasteiger partial charge in [0.1, 0.15) is 0 Å². The van der Waals surface area contributed by atoms with Crippen LogP contribution in [0.4, 0.5) is 28.4 Å². The highest BCUT2D eigenvalue weighted by Crippen LogP contribution is 2.41. The third-order valence-electron chi connectivity index (χ3n) is 12.1. The minimum absolute atomic E-state index is 0.0676. The summed E-state index contributed by atoms with van der Waals surface area (Å²) >= 11 is 0. The third-order valence-corrected chi connectivity index (χ3v) is 12.1. The van der Waals surface area contributed by atoms with Crippen LogP contribution in [0.3, 0.4) is 0 Å². The van der Waals surface area contributed by atoms with Crippen LogP contribution < -0.4 is 20.2 Å². The summed E-state index contributed by atoms with van der Waals surface area (Å²) in [6.45, 7) is 13.7. The predicted molar refractivity (Wildman–Crippen MR) is 259 cm³/mol. The Hall–Kier alpha value is -6.64. The van der Waals surface area contributed by atoms with Gasteiger partial charge in [0, 0.05) is 28.4 Å². The lowest BCUT2D eigenvalue weighted by Gasteiger charge is -2.34. The lowest BCUT2D eigenvalue weighted by molar-refractivity contribution is 0.590. The maximum atomic E-state index is 2.55. The first kappa shape index (κ1) is 38.9. The Morgan fingerprint density at radius 3 is 1.33 bits per heavy atom. The fourth-order valence-corrected chi connectivity index (χ4v) is 8.93. The first-order valence-corrected chi connectivity index (χ1v) is 21.4. The summed E-state index contributed by atoms with van der Waals surface area (Å²) in [5.74, 6) is 0. The zero-order valence-corrected chi connectivity index (χ0v) is 35.7. The number of benzene rings is 8. The molecular formula is C58H54N2. The number of rotatable bonds is 8. The van der Waals surface area contributed by atoms with Crippen molar-refractivity contribution in [3.8, 4) is 22.3 Å². The molecule has 0 fully saturated rings. The van der Waals surface area contributed by atoms with Crippen LogP contribution in [0.1, 0.15) is 59.1 Å². The molecule has 0 spiro atoms. The standard InChI is InChI=1S/C58H54N2/c1-57(2,3)43-27-31-47(32-28-43)59(45-23-15-9-16-24-45)49-35-37-51-53(39-49)55(41-19-11-7-12-20-41)52-38-36-50(40-54(52)56(51)42-21-13-8-14-22-42)60(46-25-17-10-18-26-46)48-33-29-44(30-34-48)58(4,5)6/h7-35,37-40,50H,36H2,1-6H3. The van der Waals surface area contributed by atoms with Crippen LogP contribution in [-0.2, 0) is 10.8 Å². The predicted octanol–water partition coefficient (Wildman–Crippen LogP) is 14.4. The van der Waals surface area contributed by atoms with Gasteiger partial charge in [-0.1, -0.05) is 181 Å². The van der Waals surface area contributed by atoms with E-state index >= 15 is 0 Å². The molecule has 0 radical (unpaired) electrons. The van der Waals surface area contributed by atoms with Crippen LogP contribution in [0.15, 0.2) is 188 Å². The molecule has 0 heterocycles. The molecule has 9 rings (SSSR count). The number of nitrogens with zero attached hydrogens (tertiary/aromatic N) is 2. The first-order chi connectivity index (χ1) is 29.0. The summed E-state index contributed by atoms with van der Waals surface area (Å²) < 4.78 is 0. The molecule has 296 valence electrons. The van der Waals surface area contributed by atoms with Crippen molar-refractivity contribution >= 4 is 51.4 Å². The highest BCUT2D eigenvalue weighted by atomic mass is 15.2. The SMILES string of the molecule is CC(C)(C)c1ccc(N(c2ccccc2)c2ccc3c(-c4ccccc4)c4c(c(-c5ccccc5)c3c2)=CCC(N(c2ccccc2)c2ccc(C(C)(C)C)cc2)C=4)cc1. The molecule has 60 heavy (non-hydrogen) atoms. The number of anilines is 5. The summed E-state index contributed by atoms with van der Waals surface area (Å²) in [5, 5.41) is 5.05. The van der Waals surface area contributed by atoms with Crippen LogP contribution in [0.2, 0.25) is 0 Å².